The van der Waals surface area contributed by atoms with Gasteiger partial charge in [-0.25, -0.2) is 4.98 Å². The number of hydrogen-bond donors (Lipinski definition) is 1. The zero-order valence-corrected chi connectivity index (χ0v) is 12.6. The highest BCUT2D eigenvalue weighted by Gasteiger charge is 2.10. The summed E-state index contributed by atoms with van der Waals surface area (Å²) in [6, 6.07) is 28.8. The molecule has 1 N–H and O–H groups in total. The Morgan fingerprint density at radius 2 is 1.39 bits per heavy atom. The molecule has 0 aliphatic carbocycles. The lowest BCUT2D eigenvalue weighted by molar-refractivity contribution is 1.26. The summed E-state index contributed by atoms with van der Waals surface area (Å²) in [7, 11) is 0. The van der Waals surface area contributed by atoms with Crippen LogP contribution in [0.4, 0.5) is 0 Å². The molecule has 0 aliphatic heterocycles. The Morgan fingerprint density at radius 1 is 0.739 bits per heavy atom. The van der Waals surface area contributed by atoms with Gasteiger partial charge in [-0.15, -0.1) is 0 Å². The van der Waals surface area contributed by atoms with Crippen LogP contribution in [0.1, 0.15) is 17.0 Å². The van der Waals surface area contributed by atoms with Crippen LogP contribution in [0, 0.1) is 0 Å². The van der Waals surface area contributed by atoms with Gasteiger partial charge in [-0.2, -0.15) is 0 Å². The largest absolute Gasteiger partial charge is 0.338 e. The van der Waals surface area contributed by atoms with Crippen LogP contribution in [-0.4, -0.2) is 9.97 Å². The average Bonchev–Trinajstić information content (AvgIpc) is 3.05. The van der Waals surface area contributed by atoms with E-state index in [9.17, 15) is 0 Å². The van der Waals surface area contributed by atoms with Crippen LogP contribution in [0.2, 0.25) is 0 Å². The van der Waals surface area contributed by atoms with Gasteiger partial charge >= 0.3 is 0 Å². The Balaban J connectivity index is 1.90. The van der Waals surface area contributed by atoms with Crippen molar-refractivity contribution >= 4 is 22.7 Å². The summed E-state index contributed by atoms with van der Waals surface area (Å²) in [6.07, 6.45) is 2.17. The molecule has 0 radical (unpaired) electrons. The molecule has 0 saturated heterocycles. The second-order valence-corrected chi connectivity index (χ2v) is 5.44. The number of imidazole rings is 1. The molecule has 4 rings (SSSR count). The molecular weight excluding hydrogens is 280 g/mol. The first-order valence-electron chi connectivity index (χ1n) is 7.67. The molecule has 0 aliphatic rings. The normalized spacial score (nSPS) is 11.7. The second kappa shape index (κ2) is 5.93. The maximum Gasteiger partial charge on any atom is 0.139 e. The van der Waals surface area contributed by atoms with Gasteiger partial charge in [-0.05, 0) is 29.3 Å². The Labute approximate surface area is 135 Å². The van der Waals surface area contributed by atoms with Crippen LogP contribution >= 0.6 is 0 Å². The highest BCUT2D eigenvalue weighted by atomic mass is 14.9. The highest BCUT2D eigenvalue weighted by Crippen LogP contribution is 2.25. The molecule has 0 amide bonds. The van der Waals surface area contributed by atoms with E-state index >= 15 is 0 Å². The smallest absolute Gasteiger partial charge is 0.139 e. The number of aromatic amines is 1. The van der Waals surface area contributed by atoms with Crippen molar-refractivity contribution < 1.29 is 0 Å². The minimum absolute atomic E-state index is 0.890. The molecule has 0 unspecified atom stereocenters. The van der Waals surface area contributed by atoms with Crippen molar-refractivity contribution in [2.45, 2.75) is 0 Å². The average molecular weight is 296 g/mol. The molecule has 3 aromatic carbocycles. The van der Waals surface area contributed by atoms with Gasteiger partial charge in [-0.3, -0.25) is 0 Å². The molecule has 1 heterocycles. The summed E-state index contributed by atoms with van der Waals surface area (Å²) < 4.78 is 0. The van der Waals surface area contributed by atoms with Crippen molar-refractivity contribution in [3.8, 4) is 0 Å². The Morgan fingerprint density at radius 3 is 2.13 bits per heavy atom. The summed E-state index contributed by atoms with van der Waals surface area (Å²) in [4.78, 5) is 8.20. The lowest BCUT2D eigenvalue weighted by Crippen LogP contribution is -1.90. The van der Waals surface area contributed by atoms with E-state index in [-0.39, 0.29) is 0 Å². The number of rotatable bonds is 3. The molecule has 1 aromatic heterocycles. The Kier molecular flexibility index (Phi) is 3.49. The predicted molar refractivity (Wildman–Crippen MR) is 96.0 cm³/mol. The number of H-pyrrole nitrogens is 1. The van der Waals surface area contributed by atoms with E-state index in [1.54, 1.807) is 0 Å². The number of hydrogen-bond acceptors (Lipinski definition) is 1. The van der Waals surface area contributed by atoms with Crippen molar-refractivity contribution in [2.24, 2.45) is 0 Å². The van der Waals surface area contributed by atoms with Crippen LogP contribution in [0.3, 0.4) is 0 Å². The maximum absolute atomic E-state index is 4.76. The maximum atomic E-state index is 4.76. The van der Waals surface area contributed by atoms with Crippen LogP contribution in [0.25, 0.3) is 22.7 Å². The van der Waals surface area contributed by atoms with Crippen molar-refractivity contribution in [3.05, 3.63) is 102 Å². The zero-order valence-electron chi connectivity index (χ0n) is 12.6. The van der Waals surface area contributed by atoms with Crippen molar-refractivity contribution in [1.29, 1.82) is 0 Å². The van der Waals surface area contributed by atoms with E-state index in [1.165, 1.54) is 0 Å². The Hall–Kier alpha value is -3.13. The van der Waals surface area contributed by atoms with Gasteiger partial charge < -0.3 is 4.98 Å². The summed E-state index contributed by atoms with van der Waals surface area (Å²) >= 11 is 0. The van der Waals surface area contributed by atoms with Crippen LogP contribution in [-0.2, 0) is 0 Å². The summed E-state index contributed by atoms with van der Waals surface area (Å²) in [5, 5.41) is 0. The zero-order chi connectivity index (χ0) is 15.5. The second-order valence-electron chi connectivity index (χ2n) is 5.44. The van der Waals surface area contributed by atoms with Crippen LogP contribution in [0.5, 0.6) is 0 Å². The third kappa shape index (κ3) is 2.79. The van der Waals surface area contributed by atoms with Crippen LogP contribution in [0.15, 0.2) is 84.9 Å². The summed E-state index contributed by atoms with van der Waals surface area (Å²) in [5.41, 5.74) is 5.44. The van der Waals surface area contributed by atoms with Crippen molar-refractivity contribution in [2.75, 3.05) is 0 Å². The van der Waals surface area contributed by atoms with E-state index in [1.807, 2.05) is 42.5 Å². The molecule has 2 heteroatoms. The quantitative estimate of drug-likeness (QED) is 0.520. The lowest BCUT2D eigenvalue weighted by atomic mass is 10.0. The SMILES string of the molecule is C(=C(c1ccccc1)c1nc2ccccc2[nH]1)c1ccccc1. The van der Waals surface area contributed by atoms with E-state index in [4.69, 9.17) is 4.98 Å². The number of fused-ring (bicyclic) bond motifs is 1. The van der Waals surface area contributed by atoms with Gasteiger partial charge in [0.15, 0.2) is 0 Å². The number of benzene rings is 3. The molecule has 2 nitrogen and oxygen atoms in total. The lowest BCUT2D eigenvalue weighted by Gasteiger charge is -2.05. The molecular formula is C21H16N2. The summed E-state index contributed by atoms with van der Waals surface area (Å²) in [5.74, 6) is 0.890. The topological polar surface area (TPSA) is 28.7 Å². The van der Waals surface area contributed by atoms with Crippen LogP contribution < -0.4 is 0 Å². The van der Waals surface area contributed by atoms with Gasteiger partial charge in [0.1, 0.15) is 5.82 Å². The van der Waals surface area contributed by atoms with Crippen molar-refractivity contribution in [1.82, 2.24) is 9.97 Å². The molecule has 0 fully saturated rings. The minimum Gasteiger partial charge on any atom is -0.338 e. The molecule has 110 valence electrons. The summed E-state index contributed by atoms with van der Waals surface area (Å²) in [6.45, 7) is 0. The van der Waals surface area contributed by atoms with E-state index in [2.05, 4.69) is 53.5 Å². The number of nitrogens with zero attached hydrogens (tertiary/aromatic N) is 1. The van der Waals surface area contributed by atoms with Crippen molar-refractivity contribution in [3.63, 3.8) is 0 Å². The monoisotopic (exact) mass is 296 g/mol. The van der Waals surface area contributed by atoms with E-state index < -0.39 is 0 Å². The standard InChI is InChI=1S/C21H16N2/c1-3-9-16(10-4-1)15-18(17-11-5-2-6-12-17)21-22-19-13-7-8-14-20(19)23-21/h1-15H,(H,22,23). The molecule has 0 bridgehead atoms. The first-order valence-corrected chi connectivity index (χ1v) is 7.67. The number of nitrogens with one attached hydrogen (secondary N) is 1. The molecule has 4 aromatic rings. The fraction of sp³-hybridized carbons (Fsp3) is 0. The molecule has 0 spiro atoms. The van der Waals surface area contributed by atoms with E-state index in [0.717, 1.165) is 33.6 Å². The first kappa shape index (κ1) is 13.5. The number of aromatic nitrogens is 2. The van der Waals surface area contributed by atoms with Gasteiger partial charge in [0.05, 0.1) is 11.0 Å². The highest BCUT2D eigenvalue weighted by molar-refractivity contribution is 5.91. The Bertz CT molecular complexity index is 918. The van der Waals surface area contributed by atoms with Gasteiger partial charge in [0.25, 0.3) is 0 Å². The number of para-hydroxylation sites is 2. The first-order chi connectivity index (χ1) is 11.4. The molecule has 0 saturated carbocycles. The fourth-order valence-corrected chi connectivity index (χ4v) is 2.70. The fourth-order valence-electron chi connectivity index (χ4n) is 2.70. The van der Waals surface area contributed by atoms with E-state index in [0.29, 0.717) is 0 Å². The molecule has 0 atom stereocenters. The predicted octanol–water partition coefficient (Wildman–Crippen LogP) is 5.15. The third-order valence-corrected chi connectivity index (χ3v) is 3.84. The van der Waals surface area contributed by atoms with Gasteiger partial charge in [-0.1, -0.05) is 72.8 Å². The molecule has 23 heavy (non-hydrogen) atoms. The minimum atomic E-state index is 0.890. The van der Waals surface area contributed by atoms with Gasteiger partial charge in [0.2, 0.25) is 0 Å². The third-order valence-electron chi connectivity index (χ3n) is 3.84. The van der Waals surface area contributed by atoms with Gasteiger partial charge in [0, 0.05) is 5.57 Å².